The lowest BCUT2D eigenvalue weighted by atomic mass is 9.78. The summed E-state index contributed by atoms with van der Waals surface area (Å²) in [6.07, 6.45) is 17.3. The molecule has 2 saturated carbocycles. The van der Waals surface area contributed by atoms with E-state index in [0.717, 1.165) is 51.4 Å². The van der Waals surface area contributed by atoms with Crippen molar-refractivity contribution in [1.82, 2.24) is 0 Å². The van der Waals surface area contributed by atoms with E-state index in [0.29, 0.717) is 11.8 Å². The van der Waals surface area contributed by atoms with E-state index in [-0.39, 0.29) is 18.0 Å². The highest BCUT2D eigenvalue weighted by Gasteiger charge is 2.30. The summed E-state index contributed by atoms with van der Waals surface area (Å²) in [6.45, 7) is 2.24. The van der Waals surface area contributed by atoms with Crippen molar-refractivity contribution in [3.8, 4) is 6.07 Å². The zero-order chi connectivity index (χ0) is 23.5. The molecule has 0 heterocycles. The predicted octanol–water partition coefficient (Wildman–Crippen LogP) is 7.73. The van der Waals surface area contributed by atoms with Gasteiger partial charge >= 0.3 is 5.97 Å². The molecule has 33 heavy (non-hydrogen) atoms. The Morgan fingerprint density at radius 3 is 2.39 bits per heavy atom. The summed E-state index contributed by atoms with van der Waals surface area (Å²) in [5.41, 5.74) is 2.84. The highest BCUT2D eigenvalue weighted by atomic mass is 19.1. The van der Waals surface area contributed by atoms with E-state index in [1.165, 1.54) is 49.0 Å². The van der Waals surface area contributed by atoms with Gasteiger partial charge in [-0.3, -0.25) is 4.79 Å². The second-order valence-corrected chi connectivity index (χ2v) is 9.73. The van der Waals surface area contributed by atoms with E-state index >= 15 is 0 Å². The minimum Gasteiger partial charge on any atom is -0.462 e. The van der Waals surface area contributed by atoms with Crippen LogP contribution in [-0.4, -0.2) is 12.1 Å². The summed E-state index contributed by atoms with van der Waals surface area (Å²) in [5.74, 6) is 0.157. The van der Waals surface area contributed by atoms with Crippen LogP contribution in [0, 0.1) is 23.2 Å². The molecule has 2 fully saturated rings. The van der Waals surface area contributed by atoms with Crippen molar-refractivity contribution in [3.63, 3.8) is 0 Å². The SMILES string of the molecule is CCCCCc1ccc([C@H]2CC[C@H](C(=O)O[C@H]3CC[C@H](C=CC=C(F)C#N)CC3)CC2)cc1. The van der Waals surface area contributed by atoms with E-state index in [1.54, 1.807) is 6.08 Å². The van der Waals surface area contributed by atoms with Crippen LogP contribution >= 0.6 is 0 Å². The molecule has 0 atom stereocenters. The Bertz CT molecular complexity index is 835. The number of nitriles is 1. The lowest BCUT2D eigenvalue weighted by molar-refractivity contribution is -0.157. The average molecular weight is 452 g/mol. The smallest absolute Gasteiger partial charge is 0.309 e. The van der Waals surface area contributed by atoms with Crippen LogP contribution in [0.25, 0.3) is 0 Å². The molecule has 0 saturated heterocycles. The van der Waals surface area contributed by atoms with E-state index < -0.39 is 5.83 Å². The maximum Gasteiger partial charge on any atom is 0.309 e. The van der Waals surface area contributed by atoms with Crippen molar-refractivity contribution in [2.24, 2.45) is 11.8 Å². The van der Waals surface area contributed by atoms with E-state index in [1.807, 2.05) is 6.08 Å². The first kappa shape index (κ1) is 25.2. The number of carbonyl (C=O) groups excluding carboxylic acids is 1. The predicted molar refractivity (Wildman–Crippen MR) is 130 cm³/mol. The van der Waals surface area contributed by atoms with Crippen LogP contribution < -0.4 is 0 Å². The molecule has 0 spiro atoms. The second-order valence-electron chi connectivity index (χ2n) is 9.73. The molecule has 2 aliphatic rings. The molecule has 2 aliphatic carbocycles. The summed E-state index contributed by atoms with van der Waals surface area (Å²) in [4.78, 5) is 12.7. The van der Waals surface area contributed by atoms with Gasteiger partial charge < -0.3 is 4.74 Å². The van der Waals surface area contributed by atoms with Crippen molar-refractivity contribution in [3.05, 3.63) is 59.4 Å². The Morgan fingerprint density at radius 1 is 1.06 bits per heavy atom. The highest BCUT2D eigenvalue weighted by molar-refractivity contribution is 5.72. The van der Waals surface area contributed by atoms with Crippen molar-refractivity contribution < 1.29 is 13.9 Å². The molecule has 3 rings (SSSR count). The molecule has 0 radical (unpaired) electrons. The van der Waals surface area contributed by atoms with E-state index in [9.17, 15) is 9.18 Å². The molecule has 0 aromatic heterocycles. The van der Waals surface area contributed by atoms with Crippen LogP contribution in [0.3, 0.4) is 0 Å². The normalized spacial score (nSPS) is 26.2. The molecule has 0 bridgehead atoms. The van der Waals surface area contributed by atoms with Crippen molar-refractivity contribution in [2.75, 3.05) is 0 Å². The summed E-state index contributed by atoms with van der Waals surface area (Å²) < 4.78 is 18.7. The Labute approximate surface area is 198 Å². The van der Waals surface area contributed by atoms with Gasteiger partial charge in [0.1, 0.15) is 12.2 Å². The lowest BCUT2D eigenvalue weighted by Crippen LogP contribution is -2.29. The Morgan fingerprint density at radius 2 is 1.76 bits per heavy atom. The molecular weight excluding hydrogens is 413 g/mol. The molecule has 0 amide bonds. The summed E-state index contributed by atoms with van der Waals surface area (Å²) in [5, 5.41) is 8.44. The first-order valence-corrected chi connectivity index (χ1v) is 12.8. The molecule has 0 aliphatic heterocycles. The van der Waals surface area contributed by atoms with E-state index in [2.05, 4.69) is 31.2 Å². The van der Waals surface area contributed by atoms with Gasteiger partial charge in [0.25, 0.3) is 0 Å². The number of benzene rings is 1. The highest BCUT2D eigenvalue weighted by Crippen LogP contribution is 2.37. The standard InChI is InChI=1S/C29H38FNO2/c1-2-3-4-6-22-9-13-24(14-10-22)25-15-17-26(18-16-25)29(32)33-28-19-11-23(12-20-28)7-5-8-27(30)21-31/h5,7-10,13-14,23,25-26,28H,2-4,6,11-12,15-20H2,1H3/t23-,25-,26-,28-. The van der Waals surface area contributed by atoms with Gasteiger partial charge in [-0.1, -0.05) is 56.2 Å². The number of unbranched alkanes of at least 4 members (excludes halogenated alkanes) is 2. The number of ether oxygens (including phenoxy) is 1. The van der Waals surface area contributed by atoms with Gasteiger partial charge in [0.15, 0.2) is 5.83 Å². The fourth-order valence-electron chi connectivity index (χ4n) is 5.19. The number of halogens is 1. The van der Waals surface area contributed by atoms with E-state index in [4.69, 9.17) is 10.00 Å². The first-order chi connectivity index (χ1) is 16.1. The molecule has 0 N–H and O–H groups in total. The zero-order valence-corrected chi connectivity index (χ0v) is 20.0. The Kier molecular flexibility index (Phi) is 10.2. The van der Waals surface area contributed by atoms with Crippen LogP contribution in [-0.2, 0) is 16.0 Å². The fourth-order valence-corrected chi connectivity index (χ4v) is 5.19. The number of aryl methyl sites for hydroxylation is 1. The fraction of sp³-hybridized carbons (Fsp3) is 0.586. The van der Waals surface area contributed by atoms with Crippen LogP contribution in [0.15, 0.2) is 48.3 Å². The van der Waals surface area contributed by atoms with Gasteiger partial charge in [0.05, 0.1) is 5.92 Å². The van der Waals surface area contributed by atoms with Crippen molar-refractivity contribution in [2.45, 2.75) is 96.0 Å². The molecule has 0 unspecified atom stereocenters. The number of rotatable bonds is 9. The average Bonchev–Trinajstić information content (AvgIpc) is 2.85. The van der Waals surface area contributed by atoms with Gasteiger partial charge in [0, 0.05) is 0 Å². The summed E-state index contributed by atoms with van der Waals surface area (Å²) >= 11 is 0. The molecule has 178 valence electrons. The second kappa shape index (κ2) is 13.3. The molecule has 1 aromatic rings. The third-order valence-corrected chi connectivity index (χ3v) is 7.31. The minimum absolute atomic E-state index is 0.00603. The molecule has 4 heteroatoms. The van der Waals surface area contributed by atoms with Crippen LogP contribution in [0.4, 0.5) is 4.39 Å². The van der Waals surface area contributed by atoms with Crippen LogP contribution in [0.2, 0.25) is 0 Å². The molecule has 3 nitrogen and oxygen atoms in total. The maximum absolute atomic E-state index is 12.8. The summed E-state index contributed by atoms with van der Waals surface area (Å²) in [6, 6.07) is 10.6. The number of carbonyl (C=O) groups is 1. The van der Waals surface area contributed by atoms with Gasteiger partial charge in [-0.05, 0) is 93.2 Å². The van der Waals surface area contributed by atoms with Gasteiger partial charge in [-0.15, -0.1) is 0 Å². The first-order valence-electron chi connectivity index (χ1n) is 12.8. The lowest BCUT2D eigenvalue weighted by Gasteiger charge is -2.31. The number of hydrogen-bond acceptors (Lipinski definition) is 3. The van der Waals surface area contributed by atoms with Crippen molar-refractivity contribution in [1.29, 1.82) is 5.26 Å². The van der Waals surface area contributed by atoms with Gasteiger partial charge in [-0.2, -0.15) is 9.65 Å². The monoisotopic (exact) mass is 451 g/mol. The number of allylic oxidation sites excluding steroid dienone is 4. The Hall–Kier alpha value is -2.41. The van der Waals surface area contributed by atoms with Crippen molar-refractivity contribution >= 4 is 5.97 Å². The maximum atomic E-state index is 12.8. The molecular formula is C29H38FNO2. The number of hydrogen-bond donors (Lipinski definition) is 0. The number of nitrogens with zero attached hydrogens (tertiary/aromatic N) is 1. The topological polar surface area (TPSA) is 50.1 Å². The van der Waals surface area contributed by atoms with Gasteiger partial charge in [0.2, 0.25) is 0 Å². The zero-order valence-electron chi connectivity index (χ0n) is 20.0. The largest absolute Gasteiger partial charge is 0.462 e. The third-order valence-electron chi connectivity index (χ3n) is 7.31. The summed E-state index contributed by atoms with van der Waals surface area (Å²) in [7, 11) is 0. The Balaban J connectivity index is 1.37. The quantitative estimate of drug-likeness (QED) is 0.167. The molecule has 1 aromatic carbocycles. The van der Waals surface area contributed by atoms with Crippen LogP contribution in [0.5, 0.6) is 0 Å². The van der Waals surface area contributed by atoms with Gasteiger partial charge in [-0.25, -0.2) is 0 Å². The number of esters is 1. The van der Waals surface area contributed by atoms with Crippen LogP contribution in [0.1, 0.15) is 94.6 Å². The third kappa shape index (κ3) is 8.14. The minimum atomic E-state index is -0.775.